The molecule has 1 aliphatic rings. The molecule has 1 aromatic rings. The zero-order chi connectivity index (χ0) is 12.3. The first-order valence-corrected chi connectivity index (χ1v) is 7.81. The average Bonchev–Trinajstić information content (AvgIpc) is 2.32. The molecule has 1 fully saturated rings. The second-order valence-electron chi connectivity index (χ2n) is 4.92. The van der Waals surface area contributed by atoms with Crippen LogP contribution in [0.5, 0.6) is 0 Å². The van der Waals surface area contributed by atoms with Gasteiger partial charge in [0.05, 0.1) is 0 Å². The van der Waals surface area contributed by atoms with Crippen LogP contribution in [0.1, 0.15) is 36.9 Å². The van der Waals surface area contributed by atoms with E-state index in [4.69, 9.17) is 0 Å². The second kappa shape index (κ2) is 5.78. The third-order valence-corrected chi connectivity index (χ3v) is 4.80. The van der Waals surface area contributed by atoms with Crippen molar-refractivity contribution in [3.63, 3.8) is 0 Å². The van der Waals surface area contributed by atoms with E-state index in [-0.39, 0.29) is 0 Å². The third kappa shape index (κ3) is 3.65. The molecule has 0 unspecified atom stereocenters. The van der Waals surface area contributed by atoms with Gasteiger partial charge in [-0.25, -0.2) is 0 Å². The largest absolute Gasteiger partial charge is 0.307 e. The van der Waals surface area contributed by atoms with Crippen molar-refractivity contribution in [1.29, 1.82) is 0 Å². The van der Waals surface area contributed by atoms with Gasteiger partial charge in [0.15, 0.2) is 0 Å². The van der Waals surface area contributed by atoms with Crippen molar-refractivity contribution in [2.75, 3.05) is 11.5 Å². The summed E-state index contributed by atoms with van der Waals surface area (Å²) < 4.78 is 11.3. The van der Waals surface area contributed by atoms with E-state index >= 15 is 0 Å². The minimum Gasteiger partial charge on any atom is -0.307 e. The molecule has 3 heteroatoms. The molecule has 0 spiro atoms. The van der Waals surface area contributed by atoms with E-state index < -0.39 is 10.8 Å². The number of aryl methyl sites for hydroxylation is 1. The Morgan fingerprint density at radius 2 is 2.06 bits per heavy atom. The maximum Gasteiger partial charge on any atom is 0.0294 e. The van der Waals surface area contributed by atoms with Crippen molar-refractivity contribution >= 4 is 10.8 Å². The van der Waals surface area contributed by atoms with Crippen LogP contribution in [0.25, 0.3) is 0 Å². The van der Waals surface area contributed by atoms with Gasteiger partial charge in [0.25, 0.3) is 0 Å². The molecule has 1 saturated heterocycles. The van der Waals surface area contributed by atoms with Crippen LogP contribution in [0.2, 0.25) is 0 Å². The molecule has 0 saturated carbocycles. The van der Waals surface area contributed by atoms with Gasteiger partial charge in [0.1, 0.15) is 0 Å². The van der Waals surface area contributed by atoms with Crippen molar-refractivity contribution < 1.29 is 4.21 Å². The summed E-state index contributed by atoms with van der Waals surface area (Å²) in [6, 6.07) is 9.55. The zero-order valence-electron chi connectivity index (χ0n) is 10.6. The minimum absolute atomic E-state index is 0.381. The van der Waals surface area contributed by atoms with Gasteiger partial charge >= 0.3 is 0 Å². The Morgan fingerprint density at radius 3 is 2.71 bits per heavy atom. The summed E-state index contributed by atoms with van der Waals surface area (Å²) in [5, 5.41) is 3.65. The number of rotatable bonds is 3. The first-order valence-electron chi connectivity index (χ1n) is 6.33. The van der Waals surface area contributed by atoms with E-state index in [1.54, 1.807) is 0 Å². The molecular formula is C14H21NOS. The quantitative estimate of drug-likeness (QED) is 0.894. The molecule has 0 amide bonds. The van der Waals surface area contributed by atoms with Crippen LogP contribution in [0.15, 0.2) is 24.3 Å². The molecule has 94 valence electrons. The van der Waals surface area contributed by atoms with E-state index in [0.717, 1.165) is 24.3 Å². The Kier molecular flexibility index (Phi) is 4.35. The lowest BCUT2D eigenvalue weighted by atomic mass is 10.0. The molecule has 0 radical (unpaired) electrons. The van der Waals surface area contributed by atoms with E-state index in [2.05, 4.69) is 43.4 Å². The summed E-state index contributed by atoms with van der Waals surface area (Å²) in [5.74, 6) is 1.72. The zero-order valence-corrected chi connectivity index (χ0v) is 11.4. The van der Waals surface area contributed by atoms with Crippen molar-refractivity contribution in [1.82, 2.24) is 5.32 Å². The van der Waals surface area contributed by atoms with Crippen molar-refractivity contribution in [2.24, 2.45) is 0 Å². The van der Waals surface area contributed by atoms with Gasteiger partial charge in [-0.05, 0) is 32.3 Å². The highest BCUT2D eigenvalue weighted by Crippen LogP contribution is 2.18. The number of hydrogen-bond donors (Lipinski definition) is 1. The lowest BCUT2D eigenvalue weighted by Crippen LogP contribution is -2.37. The number of hydrogen-bond acceptors (Lipinski definition) is 2. The topological polar surface area (TPSA) is 29.1 Å². The predicted octanol–water partition coefficient (Wildman–Crippen LogP) is 2.56. The Labute approximate surface area is 106 Å². The molecule has 0 bridgehead atoms. The first kappa shape index (κ1) is 12.8. The summed E-state index contributed by atoms with van der Waals surface area (Å²) in [7, 11) is -0.564. The number of benzene rings is 1. The van der Waals surface area contributed by atoms with Crippen LogP contribution in [0, 0.1) is 6.92 Å². The summed E-state index contributed by atoms with van der Waals surface area (Å²) in [4.78, 5) is 0. The van der Waals surface area contributed by atoms with Gasteiger partial charge in [-0.3, -0.25) is 4.21 Å². The Morgan fingerprint density at radius 1 is 1.35 bits per heavy atom. The molecule has 2 rings (SSSR count). The van der Waals surface area contributed by atoms with Crippen LogP contribution in [0.3, 0.4) is 0 Å². The summed E-state index contributed by atoms with van der Waals surface area (Å²) in [5.41, 5.74) is 2.65. The lowest BCUT2D eigenvalue weighted by Gasteiger charge is -2.26. The maximum absolute atomic E-state index is 11.3. The smallest absolute Gasteiger partial charge is 0.0294 e. The summed E-state index contributed by atoms with van der Waals surface area (Å²) >= 11 is 0. The molecule has 2 nitrogen and oxygen atoms in total. The maximum atomic E-state index is 11.3. The van der Waals surface area contributed by atoms with Gasteiger partial charge in [0.2, 0.25) is 0 Å². The van der Waals surface area contributed by atoms with Crippen LogP contribution in [-0.2, 0) is 10.8 Å². The van der Waals surface area contributed by atoms with Crippen LogP contribution < -0.4 is 5.32 Å². The van der Waals surface area contributed by atoms with E-state index in [1.807, 2.05) is 0 Å². The molecule has 17 heavy (non-hydrogen) atoms. The van der Waals surface area contributed by atoms with Crippen LogP contribution in [-0.4, -0.2) is 21.8 Å². The summed E-state index contributed by atoms with van der Waals surface area (Å²) in [6.07, 6.45) is 2.09. The van der Waals surface area contributed by atoms with Gasteiger partial charge in [-0.2, -0.15) is 0 Å². The minimum atomic E-state index is -0.564. The van der Waals surface area contributed by atoms with E-state index in [9.17, 15) is 4.21 Å². The molecular weight excluding hydrogens is 230 g/mol. The first-order chi connectivity index (χ1) is 8.15. The molecule has 1 aliphatic heterocycles. The summed E-state index contributed by atoms with van der Waals surface area (Å²) in [6.45, 7) is 4.33. The van der Waals surface area contributed by atoms with Crippen molar-refractivity contribution in [2.45, 2.75) is 38.8 Å². The molecule has 1 aromatic carbocycles. The van der Waals surface area contributed by atoms with Crippen molar-refractivity contribution in [3.05, 3.63) is 35.4 Å². The lowest BCUT2D eigenvalue weighted by molar-refractivity contribution is 0.427. The molecule has 0 aromatic heterocycles. The Balaban J connectivity index is 1.92. The Bertz CT molecular complexity index is 395. The fraction of sp³-hybridized carbons (Fsp3) is 0.571. The van der Waals surface area contributed by atoms with Gasteiger partial charge < -0.3 is 5.32 Å². The van der Waals surface area contributed by atoms with Gasteiger partial charge in [0, 0.05) is 34.4 Å². The standard InChI is InChI=1S/C14H21NOS/c1-11-4-3-5-13(10-11)12(2)15-14-6-8-17(16)9-7-14/h3-5,10,12,14-15H,6-9H2,1-2H3/t12-,14?,17?/m0/s1. The molecule has 0 aliphatic carbocycles. The predicted molar refractivity (Wildman–Crippen MR) is 73.6 cm³/mol. The highest BCUT2D eigenvalue weighted by atomic mass is 32.2. The second-order valence-corrected chi connectivity index (χ2v) is 6.62. The highest BCUT2D eigenvalue weighted by Gasteiger charge is 2.19. The fourth-order valence-electron chi connectivity index (χ4n) is 2.35. The SMILES string of the molecule is Cc1cccc([C@H](C)NC2CCS(=O)CC2)c1. The Hall–Kier alpha value is -0.670. The molecule has 1 atom stereocenters. The van der Waals surface area contributed by atoms with Crippen molar-refractivity contribution in [3.8, 4) is 0 Å². The fourth-order valence-corrected chi connectivity index (χ4v) is 3.65. The monoisotopic (exact) mass is 251 g/mol. The average molecular weight is 251 g/mol. The molecule has 1 N–H and O–H groups in total. The van der Waals surface area contributed by atoms with E-state index in [0.29, 0.717) is 12.1 Å². The normalized spacial score (nSPS) is 26.7. The number of nitrogens with one attached hydrogen (secondary N) is 1. The van der Waals surface area contributed by atoms with Crippen LogP contribution in [0.4, 0.5) is 0 Å². The highest BCUT2D eigenvalue weighted by molar-refractivity contribution is 7.85. The molecule has 1 heterocycles. The van der Waals surface area contributed by atoms with E-state index in [1.165, 1.54) is 11.1 Å². The van der Waals surface area contributed by atoms with Gasteiger partial charge in [-0.1, -0.05) is 29.8 Å². The third-order valence-electron chi connectivity index (χ3n) is 3.42. The van der Waals surface area contributed by atoms with Crippen LogP contribution >= 0.6 is 0 Å². The van der Waals surface area contributed by atoms with Gasteiger partial charge in [-0.15, -0.1) is 0 Å².